The van der Waals surface area contributed by atoms with Crippen LogP contribution >= 0.6 is 0 Å². The highest BCUT2D eigenvalue weighted by molar-refractivity contribution is 6.07. The van der Waals surface area contributed by atoms with Crippen molar-refractivity contribution in [3.8, 4) is 11.5 Å². The van der Waals surface area contributed by atoms with Crippen LogP contribution in [0.3, 0.4) is 0 Å². The number of rotatable bonds is 6. The standard InChI is InChI=1S/C22H22N2O5/c25-21(10-8-15-7-9-19-20(12-15)29-14-28-19)24-18-6-2-1-5-17(18)22(26)23-13-16-4-3-11-27-16/h1-2,5-10,12,16H,3-4,11,13-14H2,(H,23,26)(H,24,25)/b10-8+/t16-/m0/s1. The molecule has 0 radical (unpaired) electrons. The van der Waals surface area contributed by atoms with Gasteiger partial charge in [-0.2, -0.15) is 0 Å². The zero-order valence-corrected chi connectivity index (χ0v) is 15.9. The third-order valence-corrected chi connectivity index (χ3v) is 4.77. The summed E-state index contributed by atoms with van der Waals surface area (Å²) >= 11 is 0. The topological polar surface area (TPSA) is 85.9 Å². The summed E-state index contributed by atoms with van der Waals surface area (Å²) in [5.74, 6) is 0.772. The number of nitrogens with one attached hydrogen (secondary N) is 2. The monoisotopic (exact) mass is 394 g/mol. The van der Waals surface area contributed by atoms with Crippen LogP contribution in [0.5, 0.6) is 11.5 Å². The quantitative estimate of drug-likeness (QED) is 0.736. The number of benzene rings is 2. The van der Waals surface area contributed by atoms with E-state index in [4.69, 9.17) is 14.2 Å². The van der Waals surface area contributed by atoms with Gasteiger partial charge in [-0.1, -0.05) is 18.2 Å². The first-order valence-corrected chi connectivity index (χ1v) is 9.56. The molecular weight excluding hydrogens is 372 g/mol. The van der Waals surface area contributed by atoms with Crippen LogP contribution in [-0.2, 0) is 9.53 Å². The SMILES string of the molecule is O=C(/C=C/c1ccc2c(c1)OCO2)Nc1ccccc1C(=O)NC[C@@H]1CCCO1. The molecule has 2 aliphatic heterocycles. The van der Waals surface area contributed by atoms with Gasteiger partial charge < -0.3 is 24.8 Å². The Morgan fingerprint density at radius 2 is 1.97 bits per heavy atom. The summed E-state index contributed by atoms with van der Waals surface area (Å²) in [6.07, 6.45) is 5.12. The van der Waals surface area contributed by atoms with E-state index < -0.39 is 0 Å². The molecule has 1 saturated heterocycles. The molecule has 2 aliphatic rings. The summed E-state index contributed by atoms with van der Waals surface area (Å²) in [6.45, 7) is 1.41. The Morgan fingerprint density at radius 3 is 2.83 bits per heavy atom. The summed E-state index contributed by atoms with van der Waals surface area (Å²) in [4.78, 5) is 24.9. The van der Waals surface area contributed by atoms with Crippen molar-refractivity contribution in [3.05, 3.63) is 59.7 Å². The van der Waals surface area contributed by atoms with E-state index in [1.807, 2.05) is 6.07 Å². The van der Waals surface area contributed by atoms with Gasteiger partial charge in [0, 0.05) is 19.2 Å². The molecule has 0 aromatic heterocycles. The van der Waals surface area contributed by atoms with Crippen molar-refractivity contribution in [2.45, 2.75) is 18.9 Å². The number of anilines is 1. The fourth-order valence-electron chi connectivity index (χ4n) is 3.26. The number of amides is 2. The predicted octanol–water partition coefficient (Wildman–Crippen LogP) is 2.98. The second kappa shape index (κ2) is 8.79. The molecule has 7 nitrogen and oxygen atoms in total. The largest absolute Gasteiger partial charge is 0.454 e. The number of ether oxygens (including phenoxy) is 3. The molecule has 1 fully saturated rings. The summed E-state index contributed by atoms with van der Waals surface area (Å²) in [5, 5.41) is 5.65. The number of carbonyl (C=O) groups excluding carboxylic acids is 2. The minimum Gasteiger partial charge on any atom is -0.454 e. The van der Waals surface area contributed by atoms with Crippen LogP contribution < -0.4 is 20.1 Å². The van der Waals surface area contributed by atoms with Crippen molar-refractivity contribution in [2.75, 3.05) is 25.3 Å². The Hall–Kier alpha value is -3.32. The Labute approximate surface area is 168 Å². The predicted molar refractivity (Wildman–Crippen MR) is 108 cm³/mol. The first kappa shape index (κ1) is 19.0. The smallest absolute Gasteiger partial charge is 0.253 e. The zero-order valence-electron chi connectivity index (χ0n) is 15.9. The molecule has 7 heteroatoms. The normalized spacial score (nSPS) is 17.4. The molecular formula is C22H22N2O5. The lowest BCUT2D eigenvalue weighted by Crippen LogP contribution is -2.32. The molecule has 4 rings (SSSR count). The van der Waals surface area contributed by atoms with Crippen LogP contribution in [0.15, 0.2) is 48.5 Å². The molecule has 0 aliphatic carbocycles. The van der Waals surface area contributed by atoms with E-state index in [1.165, 1.54) is 6.08 Å². The molecule has 150 valence electrons. The molecule has 0 bridgehead atoms. The summed E-state index contributed by atoms with van der Waals surface area (Å²) in [7, 11) is 0. The van der Waals surface area contributed by atoms with E-state index in [2.05, 4.69) is 10.6 Å². The molecule has 0 unspecified atom stereocenters. The van der Waals surface area contributed by atoms with Crippen molar-refractivity contribution in [2.24, 2.45) is 0 Å². The van der Waals surface area contributed by atoms with Crippen molar-refractivity contribution >= 4 is 23.6 Å². The van der Waals surface area contributed by atoms with Crippen molar-refractivity contribution in [3.63, 3.8) is 0 Å². The first-order valence-electron chi connectivity index (χ1n) is 9.56. The van der Waals surface area contributed by atoms with Crippen LogP contribution in [0.25, 0.3) is 6.08 Å². The van der Waals surface area contributed by atoms with Gasteiger partial charge in [-0.3, -0.25) is 9.59 Å². The fourth-order valence-corrected chi connectivity index (χ4v) is 3.26. The van der Waals surface area contributed by atoms with E-state index in [0.717, 1.165) is 25.0 Å². The Bertz CT molecular complexity index is 935. The van der Waals surface area contributed by atoms with Gasteiger partial charge in [0.05, 0.1) is 17.4 Å². The van der Waals surface area contributed by atoms with Crippen LogP contribution in [0.4, 0.5) is 5.69 Å². The third-order valence-electron chi connectivity index (χ3n) is 4.77. The van der Waals surface area contributed by atoms with Gasteiger partial charge in [-0.05, 0) is 48.7 Å². The maximum Gasteiger partial charge on any atom is 0.253 e. The third kappa shape index (κ3) is 4.75. The number of hydrogen-bond donors (Lipinski definition) is 2. The zero-order chi connectivity index (χ0) is 20.1. The minimum atomic E-state index is -0.331. The average Bonchev–Trinajstić information content (AvgIpc) is 3.42. The van der Waals surface area contributed by atoms with Gasteiger partial charge in [-0.25, -0.2) is 0 Å². The second-order valence-electron chi connectivity index (χ2n) is 6.83. The fraction of sp³-hybridized carbons (Fsp3) is 0.273. The second-order valence-corrected chi connectivity index (χ2v) is 6.83. The Balaban J connectivity index is 1.38. The maximum absolute atomic E-state index is 12.5. The molecule has 2 heterocycles. The van der Waals surface area contributed by atoms with Crippen LogP contribution in [0.1, 0.15) is 28.8 Å². The number of para-hydroxylation sites is 1. The van der Waals surface area contributed by atoms with E-state index in [0.29, 0.717) is 29.3 Å². The van der Waals surface area contributed by atoms with Gasteiger partial charge >= 0.3 is 0 Å². The highest BCUT2D eigenvalue weighted by Gasteiger charge is 2.18. The van der Waals surface area contributed by atoms with E-state index in [9.17, 15) is 9.59 Å². The lowest BCUT2D eigenvalue weighted by atomic mass is 10.1. The van der Waals surface area contributed by atoms with Gasteiger partial charge in [0.15, 0.2) is 11.5 Å². The van der Waals surface area contributed by atoms with Gasteiger partial charge in [-0.15, -0.1) is 0 Å². The summed E-state index contributed by atoms with van der Waals surface area (Å²) in [6, 6.07) is 12.4. The van der Waals surface area contributed by atoms with Crippen molar-refractivity contribution in [1.82, 2.24) is 5.32 Å². The number of carbonyl (C=O) groups is 2. The molecule has 0 saturated carbocycles. The first-order chi connectivity index (χ1) is 14.2. The van der Waals surface area contributed by atoms with Gasteiger partial charge in [0.1, 0.15) is 0 Å². The molecule has 2 aromatic carbocycles. The molecule has 1 atom stereocenters. The van der Waals surface area contributed by atoms with Crippen LogP contribution in [0, 0.1) is 0 Å². The summed E-state index contributed by atoms with van der Waals surface area (Å²) in [5.41, 5.74) is 1.68. The number of hydrogen-bond acceptors (Lipinski definition) is 5. The Kier molecular flexibility index (Phi) is 5.76. The highest BCUT2D eigenvalue weighted by Crippen LogP contribution is 2.32. The maximum atomic E-state index is 12.5. The Morgan fingerprint density at radius 1 is 1.10 bits per heavy atom. The minimum absolute atomic E-state index is 0.0605. The highest BCUT2D eigenvalue weighted by atomic mass is 16.7. The molecule has 2 amide bonds. The molecule has 0 spiro atoms. The number of fused-ring (bicyclic) bond motifs is 1. The molecule has 2 N–H and O–H groups in total. The van der Waals surface area contributed by atoms with E-state index >= 15 is 0 Å². The van der Waals surface area contributed by atoms with Crippen LogP contribution in [0.2, 0.25) is 0 Å². The van der Waals surface area contributed by atoms with Gasteiger partial charge in [0.25, 0.3) is 5.91 Å². The van der Waals surface area contributed by atoms with Crippen molar-refractivity contribution in [1.29, 1.82) is 0 Å². The lowest BCUT2D eigenvalue weighted by Gasteiger charge is -2.13. The van der Waals surface area contributed by atoms with Crippen molar-refractivity contribution < 1.29 is 23.8 Å². The van der Waals surface area contributed by atoms with Crippen LogP contribution in [-0.4, -0.2) is 37.9 Å². The molecule has 29 heavy (non-hydrogen) atoms. The summed E-state index contributed by atoms with van der Waals surface area (Å²) < 4.78 is 16.1. The average molecular weight is 394 g/mol. The van der Waals surface area contributed by atoms with E-state index in [-0.39, 0.29) is 24.7 Å². The van der Waals surface area contributed by atoms with E-state index in [1.54, 1.807) is 42.5 Å². The van der Waals surface area contributed by atoms with Gasteiger partial charge in [0.2, 0.25) is 12.7 Å². The molecule has 2 aromatic rings. The lowest BCUT2D eigenvalue weighted by molar-refractivity contribution is -0.111.